The predicted molar refractivity (Wildman–Crippen MR) is 96.1 cm³/mol. The van der Waals surface area contributed by atoms with Gasteiger partial charge in [-0.25, -0.2) is 9.78 Å². The van der Waals surface area contributed by atoms with Gasteiger partial charge in [0.15, 0.2) is 0 Å². The van der Waals surface area contributed by atoms with E-state index in [-0.39, 0.29) is 18.3 Å². The first-order valence-corrected chi connectivity index (χ1v) is 8.90. The lowest BCUT2D eigenvalue weighted by Crippen LogP contribution is -2.28. The number of alkyl halides is 3. The molecule has 2 amide bonds. The Morgan fingerprint density at radius 1 is 1.18 bits per heavy atom. The molecule has 1 heterocycles. The number of rotatable bonds is 6. The van der Waals surface area contributed by atoms with E-state index < -0.39 is 18.1 Å². The Kier molecular flexibility index (Phi) is 6.23. The SMILES string of the molecule is O=C(NCc1cccnc1OC1CCCC1)Nc1cccc(OC(F)(F)F)c1. The fourth-order valence-corrected chi connectivity index (χ4v) is 2.95. The average Bonchev–Trinajstić information content (AvgIpc) is 3.13. The molecule has 0 bridgehead atoms. The summed E-state index contributed by atoms with van der Waals surface area (Å²) in [6.45, 7) is 0.167. The molecular weight excluding hydrogens is 375 g/mol. The molecule has 1 saturated carbocycles. The van der Waals surface area contributed by atoms with Crippen molar-refractivity contribution in [3.8, 4) is 11.6 Å². The van der Waals surface area contributed by atoms with Gasteiger partial charge in [-0.05, 0) is 43.9 Å². The van der Waals surface area contributed by atoms with Gasteiger partial charge in [-0.2, -0.15) is 0 Å². The van der Waals surface area contributed by atoms with Crippen LogP contribution >= 0.6 is 0 Å². The fraction of sp³-hybridized carbons (Fsp3) is 0.368. The number of nitrogens with zero attached hydrogens (tertiary/aromatic N) is 1. The third-order valence-corrected chi connectivity index (χ3v) is 4.20. The number of carbonyl (C=O) groups excluding carboxylic acids is 1. The third kappa shape index (κ3) is 6.04. The van der Waals surface area contributed by atoms with Crippen molar-refractivity contribution < 1.29 is 27.4 Å². The minimum atomic E-state index is -4.79. The number of pyridine rings is 1. The molecule has 1 aromatic carbocycles. The highest BCUT2D eigenvalue weighted by molar-refractivity contribution is 5.89. The smallest absolute Gasteiger partial charge is 0.474 e. The van der Waals surface area contributed by atoms with Crippen molar-refractivity contribution in [1.82, 2.24) is 10.3 Å². The molecule has 2 N–H and O–H groups in total. The van der Waals surface area contributed by atoms with Gasteiger partial charge in [0, 0.05) is 30.1 Å². The summed E-state index contributed by atoms with van der Waals surface area (Å²) in [5, 5.41) is 5.12. The standard InChI is InChI=1S/C19H20F3N3O3/c20-19(21,22)28-16-9-3-6-14(11-16)25-18(26)24-12-13-5-4-10-23-17(13)27-15-7-1-2-8-15/h3-6,9-11,15H,1-2,7-8,12H2,(H2,24,25,26). The largest absolute Gasteiger partial charge is 0.573 e. The summed E-state index contributed by atoms with van der Waals surface area (Å²) >= 11 is 0. The molecule has 1 aromatic heterocycles. The molecule has 1 aliphatic rings. The summed E-state index contributed by atoms with van der Waals surface area (Å²) in [4.78, 5) is 16.3. The number of aromatic nitrogens is 1. The van der Waals surface area contributed by atoms with Crippen molar-refractivity contribution in [1.29, 1.82) is 0 Å². The number of halogens is 3. The van der Waals surface area contributed by atoms with E-state index in [1.165, 1.54) is 12.1 Å². The molecular formula is C19H20F3N3O3. The number of anilines is 1. The van der Waals surface area contributed by atoms with Crippen LogP contribution in [0, 0.1) is 0 Å². The molecule has 2 aromatic rings. The lowest BCUT2D eigenvalue weighted by atomic mass is 10.2. The molecule has 0 aliphatic heterocycles. The van der Waals surface area contributed by atoms with Crippen LogP contribution in [0.5, 0.6) is 11.6 Å². The first-order valence-electron chi connectivity index (χ1n) is 8.90. The van der Waals surface area contributed by atoms with E-state index in [0.29, 0.717) is 5.88 Å². The predicted octanol–water partition coefficient (Wildman–Crippen LogP) is 4.62. The van der Waals surface area contributed by atoms with Crippen LogP contribution in [0.1, 0.15) is 31.2 Å². The molecule has 9 heteroatoms. The molecule has 0 radical (unpaired) electrons. The molecule has 0 atom stereocenters. The zero-order valence-electron chi connectivity index (χ0n) is 15.0. The van der Waals surface area contributed by atoms with Crippen LogP contribution in [0.2, 0.25) is 0 Å². The molecule has 0 saturated heterocycles. The molecule has 1 aliphatic carbocycles. The molecule has 6 nitrogen and oxygen atoms in total. The monoisotopic (exact) mass is 395 g/mol. The quantitative estimate of drug-likeness (QED) is 0.749. The minimum absolute atomic E-state index is 0.138. The lowest BCUT2D eigenvalue weighted by Gasteiger charge is -2.15. The van der Waals surface area contributed by atoms with Crippen LogP contribution in [-0.2, 0) is 6.54 Å². The molecule has 1 fully saturated rings. The highest BCUT2D eigenvalue weighted by Gasteiger charge is 2.31. The normalized spacial score (nSPS) is 14.5. The van der Waals surface area contributed by atoms with Crippen LogP contribution in [0.4, 0.5) is 23.7 Å². The Bertz CT molecular complexity index is 808. The first-order chi connectivity index (χ1) is 13.4. The maximum absolute atomic E-state index is 12.3. The van der Waals surface area contributed by atoms with E-state index in [1.54, 1.807) is 18.3 Å². The molecule has 0 unspecified atom stereocenters. The Labute approximate surface area is 160 Å². The van der Waals surface area contributed by atoms with Gasteiger partial charge < -0.3 is 20.1 Å². The van der Waals surface area contributed by atoms with Gasteiger partial charge >= 0.3 is 12.4 Å². The van der Waals surface area contributed by atoms with Crippen LogP contribution in [0.25, 0.3) is 0 Å². The second kappa shape index (κ2) is 8.81. The number of nitrogens with one attached hydrogen (secondary N) is 2. The highest BCUT2D eigenvalue weighted by atomic mass is 19.4. The van der Waals surface area contributed by atoms with E-state index in [4.69, 9.17) is 4.74 Å². The van der Waals surface area contributed by atoms with Gasteiger partial charge in [-0.15, -0.1) is 13.2 Å². The Morgan fingerprint density at radius 2 is 1.96 bits per heavy atom. The zero-order chi connectivity index (χ0) is 20.0. The summed E-state index contributed by atoms with van der Waals surface area (Å²) < 4.78 is 46.6. The van der Waals surface area contributed by atoms with E-state index >= 15 is 0 Å². The van der Waals surface area contributed by atoms with Gasteiger partial charge in [-0.3, -0.25) is 0 Å². The van der Waals surface area contributed by atoms with Crippen LogP contribution < -0.4 is 20.1 Å². The topological polar surface area (TPSA) is 72.5 Å². The number of benzene rings is 1. The van der Waals surface area contributed by atoms with Gasteiger partial charge in [-0.1, -0.05) is 12.1 Å². The summed E-state index contributed by atoms with van der Waals surface area (Å²) in [6, 6.07) is 8.03. The van der Waals surface area contributed by atoms with Crippen LogP contribution in [0.15, 0.2) is 42.6 Å². The second-order valence-electron chi connectivity index (χ2n) is 6.38. The first kappa shape index (κ1) is 19.8. The summed E-state index contributed by atoms with van der Waals surface area (Å²) in [7, 11) is 0. The molecule has 28 heavy (non-hydrogen) atoms. The zero-order valence-corrected chi connectivity index (χ0v) is 15.0. The van der Waals surface area contributed by atoms with Crippen LogP contribution in [-0.4, -0.2) is 23.5 Å². The van der Waals surface area contributed by atoms with E-state index in [0.717, 1.165) is 43.4 Å². The van der Waals surface area contributed by atoms with Crippen molar-refractivity contribution in [2.45, 2.75) is 44.7 Å². The van der Waals surface area contributed by atoms with Crippen molar-refractivity contribution in [3.05, 3.63) is 48.2 Å². The van der Waals surface area contributed by atoms with Crippen molar-refractivity contribution >= 4 is 11.7 Å². The Balaban J connectivity index is 1.55. The van der Waals surface area contributed by atoms with Crippen molar-refractivity contribution in [3.63, 3.8) is 0 Å². The van der Waals surface area contributed by atoms with Crippen molar-refractivity contribution in [2.75, 3.05) is 5.32 Å². The fourth-order valence-electron chi connectivity index (χ4n) is 2.95. The maximum atomic E-state index is 12.3. The van der Waals surface area contributed by atoms with Gasteiger partial charge in [0.1, 0.15) is 11.9 Å². The number of hydrogen-bond acceptors (Lipinski definition) is 4. The molecule has 3 rings (SSSR count). The molecule has 150 valence electrons. The summed E-state index contributed by atoms with van der Waals surface area (Å²) in [5.74, 6) is 0.0695. The summed E-state index contributed by atoms with van der Waals surface area (Å²) in [5.41, 5.74) is 0.895. The summed E-state index contributed by atoms with van der Waals surface area (Å²) in [6.07, 6.45) is 1.20. The third-order valence-electron chi connectivity index (χ3n) is 4.20. The lowest BCUT2D eigenvalue weighted by molar-refractivity contribution is -0.274. The minimum Gasteiger partial charge on any atom is -0.474 e. The average molecular weight is 395 g/mol. The Hall–Kier alpha value is -2.97. The van der Waals surface area contributed by atoms with Gasteiger partial charge in [0.05, 0.1) is 0 Å². The van der Waals surface area contributed by atoms with Crippen molar-refractivity contribution in [2.24, 2.45) is 0 Å². The van der Waals surface area contributed by atoms with E-state index in [1.807, 2.05) is 0 Å². The van der Waals surface area contributed by atoms with E-state index in [2.05, 4.69) is 20.4 Å². The number of hydrogen-bond donors (Lipinski definition) is 2. The maximum Gasteiger partial charge on any atom is 0.573 e. The number of carbonyl (C=O) groups is 1. The van der Waals surface area contributed by atoms with E-state index in [9.17, 15) is 18.0 Å². The number of ether oxygens (including phenoxy) is 2. The van der Waals surface area contributed by atoms with Gasteiger partial charge in [0.25, 0.3) is 0 Å². The highest BCUT2D eigenvalue weighted by Crippen LogP contribution is 2.26. The Morgan fingerprint density at radius 3 is 2.71 bits per heavy atom. The van der Waals surface area contributed by atoms with Crippen LogP contribution in [0.3, 0.4) is 0 Å². The number of amides is 2. The van der Waals surface area contributed by atoms with Gasteiger partial charge in [0.2, 0.25) is 5.88 Å². The number of urea groups is 1. The second-order valence-corrected chi connectivity index (χ2v) is 6.38. The molecule has 0 spiro atoms.